The normalized spacial score (nSPS) is 17.9. The summed E-state index contributed by atoms with van der Waals surface area (Å²) in [6.45, 7) is 3.28. The van der Waals surface area contributed by atoms with Crippen molar-refractivity contribution in [1.29, 1.82) is 0 Å². The van der Waals surface area contributed by atoms with Gasteiger partial charge in [-0.1, -0.05) is 0 Å². The van der Waals surface area contributed by atoms with E-state index in [-0.39, 0.29) is 6.61 Å². The second-order valence-electron chi connectivity index (χ2n) is 7.00. The zero-order chi connectivity index (χ0) is 20.8. The number of ether oxygens (including phenoxy) is 1. The van der Waals surface area contributed by atoms with Crippen LogP contribution in [0.4, 0.5) is 23.4 Å². The minimum absolute atomic E-state index is 0.264. The van der Waals surface area contributed by atoms with E-state index < -0.39 is 24.6 Å². The largest absolute Gasteiger partial charge is 0.408 e. The fraction of sp³-hybridized carbons (Fsp3) is 0.421. The second kappa shape index (κ2) is 7.25. The lowest BCUT2D eigenvalue weighted by atomic mass is 10.0. The number of halogens is 4. The highest BCUT2D eigenvalue weighted by atomic mass is 19.4. The van der Waals surface area contributed by atoms with Gasteiger partial charge in [-0.2, -0.15) is 18.3 Å². The number of hydrogen-bond acceptors (Lipinski definition) is 5. The molecule has 6 nitrogen and oxygen atoms in total. The van der Waals surface area contributed by atoms with Crippen LogP contribution in [-0.4, -0.2) is 45.7 Å². The fourth-order valence-corrected chi connectivity index (χ4v) is 3.86. The lowest BCUT2D eigenvalue weighted by molar-refractivity contribution is -0.142. The first-order valence-electron chi connectivity index (χ1n) is 9.10. The Morgan fingerprint density at radius 2 is 2.00 bits per heavy atom. The van der Waals surface area contributed by atoms with Crippen molar-refractivity contribution in [1.82, 2.24) is 19.7 Å². The van der Waals surface area contributed by atoms with E-state index >= 15 is 0 Å². The average Bonchev–Trinajstić information content (AvgIpc) is 2.93. The summed E-state index contributed by atoms with van der Waals surface area (Å²) in [6.07, 6.45) is -2.97. The summed E-state index contributed by atoms with van der Waals surface area (Å²) < 4.78 is 59.2. The molecule has 1 saturated heterocycles. The molecule has 154 valence electrons. The third-order valence-corrected chi connectivity index (χ3v) is 5.08. The molecule has 29 heavy (non-hydrogen) atoms. The van der Waals surface area contributed by atoms with Crippen molar-refractivity contribution in [3.8, 4) is 0 Å². The zero-order valence-electron chi connectivity index (χ0n) is 15.9. The maximum absolute atomic E-state index is 13.9. The van der Waals surface area contributed by atoms with Gasteiger partial charge in [-0.05, 0) is 32.0 Å². The van der Waals surface area contributed by atoms with Crippen LogP contribution in [0.15, 0.2) is 24.5 Å². The van der Waals surface area contributed by atoms with Gasteiger partial charge in [0.05, 0.1) is 30.5 Å². The Morgan fingerprint density at radius 3 is 2.76 bits per heavy atom. The third kappa shape index (κ3) is 3.76. The summed E-state index contributed by atoms with van der Waals surface area (Å²) in [5.74, 6) is 0.105. The van der Waals surface area contributed by atoms with Crippen molar-refractivity contribution in [3.63, 3.8) is 0 Å². The van der Waals surface area contributed by atoms with E-state index in [1.807, 2.05) is 4.90 Å². The molecular formula is C19H19F4N5O. The number of rotatable bonds is 3. The monoisotopic (exact) mass is 409 g/mol. The molecule has 4 rings (SSSR count). The van der Waals surface area contributed by atoms with Crippen molar-refractivity contribution in [3.05, 3.63) is 47.3 Å². The van der Waals surface area contributed by atoms with Gasteiger partial charge in [0.2, 0.25) is 0 Å². The Kier molecular flexibility index (Phi) is 4.89. The number of fused-ring (bicyclic) bond motifs is 1. The summed E-state index contributed by atoms with van der Waals surface area (Å²) in [4.78, 5) is 10.5. The highest BCUT2D eigenvalue weighted by Gasteiger charge is 2.34. The zero-order valence-corrected chi connectivity index (χ0v) is 15.9. The molecule has 0 spiro atoms. The molecule has 0 bridgehead atoms. The molecule has 0 amide bonds. The minimum atomic E-state index is -4.37. The summed E-state index contributed by atoms with van der Waals surface area (Å²) in [6, 6.07) is 3.87. The molecule has 3 aromatic rings. The van der Waals surface area contributed by atoms with Crippen LogP contribution in [0, 0.1) is 19.7 Å². The lowest BCUT2D eigenvalue weighted by Crippen LogP contribution is -2.40. The summed E-state index contributed by atoms with van der Waals surface area (Å²) in [5, 5.41) is 4.64. The van der Waals surface area contributed by atoms with Crippen LogP contribution in [0.2, 0.25) is 0 Å². The number of aryl methyl sites for hydroxylation is 1. The Balaban J connectivity index is 1.80. The van der Waals surface area contributed by atoms with E-state index in [0.29, 0.717) is 46.8 Å². The van der Waals surface area contributed by atoms with Gasteiger partial charge in [-0.15, -0.1) is 0 Å². The number of nitrogens with zero attached hydrogens (tertiary/aromatic N) is 5. The van der Waals surface area contributed by atoms with E-state index in [4.69, 9.17) is 4.74 Å². The number of anilines is 1. The second-order valence-corrected chi connectivity index (χ2v) is 7.00. The molecular weight excluding hydrogens is 390 g/mol. The van der Waals surface area contributed by atoms with E-state index in [2.05, 4.69) is 15.1 Å². The third-order valence-electron chi connectivity index (χ3n) is 5.08. The Morgan fingerprint density at radius 1 is 1.21 bits per heavy atom. The molecule has 1 aromatic carbocycles. The van der Waals surface area contributed by atoms with Crippen LogP contribution in [-0.2, 0) is 11.3 Å². The maximum Gasteiger partial charge on any atom is 0.408 e. The molecule has 3 heterocycles. The van der Waals surface area contributed by atoms with E-state index in [0.717, 1.165) is 4.68 Å². The van der Waals surface area contributed by atoms with Crippen molar-refractivity contribution in [2.75, 3.05) is 24.7 Å². The molecule has 0 saturated carbocycles. The number of aromatic nitrogens is 4. The van der Waals surface area contributed by atoms with Crippen LogP contribution >= 0.6 is 0 Å². The molecule has 2 aromatic heterocycles. The van der Waals surface area contributed by atoms with Gasteiger partial charge in [0, 0.05) is 23.2 Å². The number of benzene rings is 1. The smallest absolute Gasteiger partial charge is 0.377 e. The van der Waals surface area contributed by atoms with Gasteiger partial charge in [0.15, 0.2) is 0 Å². The standard InChI is InChI=1S/C19H19F4N5O/c1-11-17(12(2)28(26-11)9-19(21,22)23)16-8-29-6-5-27(16)18-14-7-13(20)3-4-15(14)24-10-25-18/h3-4,7,10,16H,5-6,8-9H2,1-2H3/t16-/m0/s1. The Labute approximate surface area is 164 Å². The predicted octanol–water partition coefficient (Wildman–Crippen LogP) is 3.72. The summed E-state index contributed by atoms with van der Waals surface area (Å²) in [5.41, 5.74) is 2.17. The van der Waals surface area contributed by atoms with Gasteiger partial charge in [0.25, 0.3) is 0 Å². The van der Waals surface area contributed by atoms with Crippen LogP contribution in [0.25, 0.3) is 10.9 Å². The van der Waals surface area contributed by atoms with E-state index in [9.17, 15) is 17.6 Å². The highest BCUT2D eigenvalue weighted by molar-refractivity contribution is 5.89. The molecule has 1 aliphatic rings. The Bertz CT molecular complexity index is 1050. The van der Waals surface area contributed by atoms with Gasteiger partial charge in [-0.25, -0.2) is 14.4 Å². The van der Waals surface area contributed by atoms with Gasteiger partial charge >= 0.3 is 6.18 Å². The van der Waals surface area contributed by atoms with Crippen LogP contribution < -0.4 is 4.90 Å². The quantitative estimate of drug-likeness (QED) is 0.617. The molecule has 0 unspecified atom stereocenters. The summed E-state index contributed by atoms with van der Waals surface area (Å²) in [7, 11) is 0. The molecule has 0 aliphatic carbocycles. The first kappa shape index (κ1) is 19.6. The topological polar surface area (TPSA) is 56.1 Å². The molecule has 1 atom stereocenters. The first-order chi connectivity index (χ1) is 13.7. The predicted molar refractivity (Wildman–Crippen MR) is 98.2 cm³/mol. The molecule has 0 radical (unpaired) electrons. The average molecular weight is 409 g/mol. The van der Waals surface area contributed by atoms with Crippen molar-refractivity contribution >= 4 is 16.7 Å². The van der Waals surface area contributed by atoms with E-state index in [1.54, 1.807) is 19.9 Å². The molecule has 1 fully saturated rings. The molecule has 10 heteroatoms. The number of morpholine rings is 1. The summed E-state index contributed by atoms with van der Waals surface area (Å²) >= 11 is 0. The van der Waals surface area contributed by atoms with E-state index in [1.165, 1.54) is 18.5 Å². The number of hydrogen-bond donors (Lipinski definition) is 0. The van der Waals surface area contributed by atoms with Crippen LogP contribution in [0.1, 0.15) is 23.0 Å². The van der Waals surface area contributed by atoms with Gasteiger partial charge in [-0.3, -0.25) is 4.68 Å². The first-order valence-corrected chi connectivity index (χ1v) is 9.10. The van der Waals surface area contributed by atoms with Crippen molar-refractivity contribution < 1.29 is 22.3 Å². The van der Waals surface area contributed by atoms with Crippen molar-refractivity contribution in [2.24, 2.45) is 0 Å². The minimum Gasteiger partial charge on any atom is -0.377 e. The number of alkyl halides is 3. The van der Waals surface area contributed by atoms with Crippen LogP contribution in [0.5, 0.6) is 0 Å². The van der Waals surface area contributed by atoms with Gasteiger partial charge < -0.3 is 9.64 Å². The maximum atomic E-state index is 13.9. The molecule has 1 aliphatic heterocycles. The Hall–Kier alpha value is -2.75. The highest BCUT2D eigenvalue weighted by Crippen LogP contribution is 2.36. The SMILES string of the molecule is Cc1nn(CC(F)(F)F)c(C)c1[C@@H]1COCCN1c1ncnc2ccc(F)cc12. The van der Waals surface area contributed by atoms with Crippen LogP contribution in [0.3, 0.4) is 0 Å². The van der Waals surface area contributed by atoms with Crippen molar-refractivity contribution in [2.45, 2.75) is 32.6 Å². The fourth-order valence-electron chi connectivity index (χ4n) is 3.86. The lowest BCUT2D eigenvalue weighted by Gasteiger charge is -2.37. The molecule has 0 N–H and O–H groups in total. The van der Waals surface area contributed by atoms with Gasteiger partial charge in [0.1, 0.15) is 24.5 Å².